The van der Waals surface area contributed by atoms with E-state index in [0.29, 0.717) is 25.7 Å². The molecule has 184 valence electrons. The van der Waals surface area contributed by atoms with Crippen LogP contribution in [-0.2, 0) is 33.9 Å². The third kappa shape index (κ3) is 4.25. The molecule has 4 aliphatic carbocycles. The fourth-order valence-electron chi connectivity index (χ4n) is 5.06. The van der Waals surface area contributed by atoms with Crippen molar-refractivity contribution in [1.29, 1.82) is 0 Å². The zero-order valence-electron chi connectivity index (χ0n) is 16.7. The molecule has 9 nitrogen and oxygen atoms in total. The number of carbonyl (C=O) groups excluding carboxylic acids is 2. The van der Waals surface area contributed by atoms with Crippen LogP contribution in [0.3, 0.4) is 0 Å². The standard InChI is InChI=1S/C17H21F5O9S/c1-2-28-12(23)16(17(20,21)22,29-8-15(18,19)32(25,26)27)31-13(24)30-14-6-9-3-10(7-14)5-11(14)4-9/h9-11H,2-8H2,1H3,(H,25,26,27). The Bertz CT molecular complexity index is 860. The van der Waals surface area contributed by atoms with Gasteiger partial charge < -0.3 is 18.9 Å². The highest BCUT2D eigenvalue weighted by atomic mass is 32.2. The van der Waals surface area contributed by atoms with Gasteiger partial charge in [0.25, 0.3) is 0 Å². The predicted octanol–water partition coefficient (Wildman–Crippen LogP) is 3.04. The average molecular weight is 496 g/mol. The molecule has 3 unspecified atom stereocenters. The number of halogens is 5. The van der Waals surface area contributed by atoms with Crippen molar-refractivity contribution in [2.24, 2.45) is 17.8 Å². The summed E-state index contributed by atoms with van der Waals surface area (Å²) >= 11 is 0. The van der Waals surface area contributed by atoms with E-state index in [1.165, 1.54) is 0 Å². The number of rotatable bonds is 8. The SMILES string of the molecule is CCOC(=O)C(OCC(F)(F)S(=O)(=O)O)(OC(=O)OC12CC3CC(CC1C3)C2)C(F)(F)F. The molecule has 32 heavy (non-hydrogen) atoms. The van der Waals surface area contributed by atoms with Crippen LogP contribution in [0.15, 0.2) is 0 Å². The van der Waals surface area contributed by atoms with Crippen molar-refractivity contribution in [1.82, 2.24) is 0 Å². The Morgan fingerprint density at radius 3 is 2.09 bits per heavy atom. The molecule has 1 N–H and O–H groups in total. The van der Waals surface area contributed by atoms with Crippen LogP contribution in [0, 0.1) is 17.8 Å². The minimum Gasteiger partial charge on any atom is -0.461 e. The molecule has 0 aromatic carbocycles. The second-order valence-corrected chi connectivity index (χ2v) is 9.85. The van der Waals surface area contributed by atoms with Crippen molar-refractivity contribution in [3.63, 3.8) is 0 Å². The molecule has 0 aliphatic heterocycles. The van der Waals surface area contributed by atoms with Crippen LogP contribution >= 0.6 is 0 Å². The first kappa shape index (κ1) is 24.9. The molecule has 0 aromatic rings. The van der Waals surface area contributed by atoms with Crippen LogP contribution in [0.25, 0.3) is 0 Å². The van der Waals surface area contributed by atoms with Gasteiger partial charge in [-0.15, -0.1) is 0 Å². The Hall–Kier alpha value is -1.74. The first-order valence-corrected chi connectivity index (χ1v) is 11.1. The summed E-state index contributed by atoms with van der Waals surface area (Å²) in [6.45, 7) is -2.28. The molecular formula is C17H21F5O9S. The van der Waals surface area contributed by atoms with Crippen LogP contribution in [0.2, 0.25) is 0 Å². The minimum atomic E-state index is -6.22. The van der Waals surface area contributed by atoms with E-state index in [2.05, 4.69) is 14.2 Å². The molecule has 0 heterocycles. The molecule has 0 radical (unpaired) electrons. The van der Waals surface area contributed by atoms with E-state index in [0.717, 1.165) is 13.3 Å². The highest BCUT2D eigenvalue weighted by Crippen LogP contribution is 2.62. The lowest BCUT2D eigenvalue weighted by Gasteiger charge is -2.35. The van der Waals surface area contributed by atoms with Gasteiger partial charge in [-0.1, -0.05) is 0 Å². The maximum absolute atomic E-state index is 13.8. The van der Waals surface area contributed by atoms with E-state index in [1.54, 1.807) is 0 Å². The Labute approximate surface area is 179 Å². The summed E-state index contributed by atoms with van der Waals surface area (Å²) in [6.07, 6.45) is -4.87. The average Bonchev–Trinajstić information content (AvgIpc) is 2.99. The van der Waals surface area contributed by atoms with Gasteiger partial charge in [0.15, 0.2) is 0 Å². The van der Waals surface area contributed by atoms with Gasteiger partial charge in [0.05, 0.1) is 6.61 Å². The molecule has 0 amide bonds. The van der Waals surface area contributed by atoms with E-state index < -0.39 is 58.3 Å². The summed E-state index contributed by atoms with van der Waals surface area (Å²) in [6, 6.07) is 0. The lowest BCUT2D eigenvalue weighted by atomic mass is 9.81. The van der Waals surface area contributed by atoms with Gasteiger partial charge in [-0.05, 0) is 56.8 Å². The molecule has 4 aliphatic rings. The topological polar surface area (TPSA) is 125 Å². The third-order valence-electron chi connectivity index (χ3n) is 6.17. The second-order valence-electron chi connectivity index (χ2n) is 8.30. The fraction of sp³-hybridized carbons (Fsp3) is 0.882. The van der Waals surface area contributed by atoms with E-state index >= 15 is 0 Å². The number of hydrogen-bond acceptors (Lipinski definition) is 8. The van der Waals surface area contributed by atoms with Crippen molar-refractivity contribution in [3.8, 4) is 0 Å². The summed E-state index contributed by atoms with van der Waals surface area (Å²) in [4.78, 5) is 24.4. The van der Waals surface area contributed by atoms with Gasteiger partial charge in [0, 0.05) is 0 Å². The quantitative estimate of drug-likeness (QED) is 0.234. The van der Waals surface area contributed by atoms with E-state index in [-0.39, 0.29) is 17.8 Å². The first-order chi connectivity index (χ1) is 14.6. The molecule has 15 heteroatoms. The maximum Gasteiger partial charge on any atom is 0.512 e. The summed E-state index contributed by atoms with van der Waals surface area (Å²) < 4.78 is 116. The molecular weight excluding hydrogens is 475 g/mol. The van der Waals surface area contributed by atoms with Gasteiger partial charge >= 0.3 is 39.5 Å². The van der Waals surface area contributed by atoms with Crippen molar-refractivity contribution < 1.29 is 63.5 Å². The Kier molecular flexibility index (Phi) is 6.17. The highest BCUT2D eigenvalue weighted by molar-refractivity contribution is 7.86. The summed E-state index contributed by atoms with van der Waals surface area (Å²) in [5.41, 5.74) is -1.09. The molecule has 0 spiro atoms. The second kappa shape index (κ2) is 7.94. The normalized spacial score (nSPS) is 31.3. The zero-order chi connectivity index (χ0) is 24.2. The summed E-state index contributed by atoms with van der Waals surface area (Å²) in [5.74, 6) is -6.83. The third-order valence-corrected chi connectivity index (χ3v) is 7.04. The number of carbonyl (C=O) groups is 2. The number of alkyl halides is 5. The van der Waals surface area contributed by atoms with Crippen molar-refractivity contribution in [3.05, 3.63) is 0 Å². The molecule has 3 atom stereocenters. The van der Waals surface area contributed by atoms with Crippen LogP contribution < -0.4 is 0 Å². The van der Waals surface area contributed by atoms with Crippen molar-refractivity contribution in [2.45, 2.75) is 61.8 Å². The number of ether oxygens (including phenoxy) is 4. The summed E-state index contributed by atoms with van der Waals surface area (Å²) in [5, 5.41) is -5.26. The Balaban J connectivity index is 1.86. The molecule has 4 fully saturated rings. The zero-order valence-corrected chi connectivity index (χ0v) is 17.5. The van der Waals surface area contributed by atoms with Crippen LogP contribution in [-0.4, -0.2) is 61.1 Å². The lowest BCUT2D eigenvalue weighted by molar-refractivity contribution is -0.360. The predicted molar refractivity (Wildman–Crippen MR) is 91.7 cm³/mol. The van der Waals surface area contributed by atoms with Gasteiger partial charge in [-0.2, -0.15) is 30.4 Å². The van der Waals surface area contributed by atoms with Crippen LogP contribution in [0.4, 0.5) is 26.7 Å². The van der Waals surface area contributed by atoms with Crippen molar-refractivity contribution >= 4 is 22.2 Å². The fourth-order valence-corrected chi connectivity index (χ4v) is 5.27. The van der Waals surface area contributed by atoms with Crippen molar-refractivity contribution in [2.75, 3.05) is 13.2 Å². The first-order valence-electron chi connectivity index (χ1n) is 9.70. The maximum atomic E-state index is 13.8. The lowest BCUT2D eigenvalue weighted by Crippen LogP contribution is -2.60. The highest BCUT2D eigenvalue weighted by Gasteiger charge is 2.70. The van der Waals surface area contributed by atoms with Crippen LogP contribution in [0.5, 0.6) is 0 Å². The molecule has 4 saturated carbocycles. The van der Waals surface area contributed by atoms with Crippen LogP contribution in [0.1, 0.15) is 39.0 Å². The minimum absolute atomic E-state index is 0.105. The number of hydrogen-bond donors (Lipinski definition) is 1. The molecule has 0 aromatic heterocycles. The number of esters is 1. The smallest absolute Gasteiger partial charge is 0.461 e. The summed E-state index contributed by atoms with van der Waals surface area (Å²) in [7, 11) is -6.22. The largest absolute Gasteiger partial charge is 0.512 e. The molecule has 0 saturated heterocycles. The Morgan fingerprint density at radius 1 is 1.06 bits per heavy atom. The van der Waals surface area contributed by atoms with Gasteiger partial charge in [0.2, 0.25) is 0 Å². The van der Waals surface area contributed by atoms with Gasteiger partial charge in [-0.3, -0.25) is 4.55 Å². The van der Waals surface area contributed by atoms with Gasteiger partial charge in [0.1, 0.15) is 12.2 Å². The molecule has 4 rings (SSSR count). The Morgan fingerprint density at radius 2 is 1.62 bits per heavy atom. The monoisotopic (exact) mass is 496 g/mol. The van der Waals surface area contributed by atoms with E-state index in [9.17, 15) is 40.0 Å². The van der Waals surface area contributed by atoms with E-state index in [1.807, 2.05) is 0 Å². The van der Waals surface area contributed by atoms with Gasteiger partial charge in [-0.25, -0.2) is 9.59 Å². The molecule has 4 bridgehead atoms. The van der Waals surface area contributed by atoms with E-state index in [4.69, 9.17) is 9.29 Å².